The lowest BCUT2D eigenvalue weighted by molar-refractivity contribution is -0.140. The molecule has 286 valence electrons. The van der Waals surface area contributed by atoms with Crippen LogP contribution in [-0.4, -0.2) is 74.0 Å². The molecule has 0 unspecified atom stereocenters. The highest BCUT2D eigenvalue weighted by Crippen LogP contribution is 2.59. The number of carbonyl (C=O) groups is 2. The number of aliphatic hydroxyl groups excluding tert-OH is 1. The minimum absolute atomic E-state index is 0.0454. The molecule has 0 amide bonds. The van der Waals surface area contributed by atoms with Crippen LogP contribution in [0.4, 0.5) is 4.39 Å². The van der Waals surface area contributed by atoms with Crippen LogP contribution in [0.2, 0.25) is 18.1 Å². The number of rotatable bonds is 14. The van der Waals surface area contributed by atoms with Gasteiger partial charge in [0.25, 0.3) is 5.88 Å². The van der Waals surface area contributed by atoms with Gasteiger partial charge >= 0.3 is 0 Å². The Bertz CT molecular complexity index is 1760. The van der Waals surface area contributed by atoms with Gasteiger partial charge in [-0.3, -0.25) is 14.5 Å². The van der Waals surface area contributed by atoms with Crippen molar-refractivity contribution in [3.05, 3.63) is 43.9 Å². The lowest BCUT2D eigenvalue weighted by Crippen LogP contribution is -2.68. The quantitative estimate of drug-likeness (QED) is 0.109. The first-order valence-electron chi connectivity index (χ1n) is 18.9. The molecule has 4 aliphatic carbocycles. The van der Waals surface area contributed by atoms with Gasteiger partial charge < -0.3 is 28.8 Å². The Hall–Kier alpha value is -2.58. The van der Waals surface area contributed by atoms with Gasteiger partial charge in [-0.25, -0.2) is 4.39 Å². The van der Waals surface area contributed by atoms with Crippen molar-refractivity contribution < 1.29 is 37.5 Å². The molecule has 2 fully saturated rings. The average Bonchev–Trinajstić information content (AvgIpc) is 3.81. The lowest BCUT2D eigenvalue weighted by Gasteiger charge is -2.55. The van der Waals surface area contributed by atoms with Crippen molar-refractivity contribution in [3.8, 4) is 11.6 Å². The normalized spacial score (nSPS) is 24.5. The van der Waals surface area contributed by atoms with Crippen molar-refractivity contribution in [1.29, 1.82) is 0 Å². The van der Waals surface area contributed by atoms with Crippen molar-refractivity contribution in [3.63, 3.8) is 0 Å². The smallest absolute Gasteiger partial charge is 0.265 e. The number of hydrogen-bond donors (Lipinski definition) is 2. The van der Waals surface area contributed by atoms with Gasteiger partial charge in [-0.05, 0) is 97.8 Å². The van der Waals surface area contributed by atoms with Crippen LogP contribution < -0.4 is 14.8 Å². The number of benzene rings is 1. The van der Waals surface area contributed by atoms with E-state index in [-0.39, 0.29) is 46.2 Å². The van der Waals surface area contributed by atoms with Crippen LogP contribution in [0.25, 0.3) is 5.76 Å². The highest BCUT2D eigenvalue weighted by atomic mass is 79.9. The molecule has 2 aromatic rings. The third kappa shape index (κ3) is 6.49. The van der Waals surface area contributed by atoms with E-state index in [1.165, 1.54) is 0 Å². The molecule has 13 heteroatoms. The molecule has 0 radical (unpaired) electrons. The number of nitrogens with one attached hydrogen (secondary N) is 1. The van der Waals surface area contributed by atoms with E-state index in [2.05, 4.69) is 54.1 Å². The van der Waals surface area contributed by atoms with Crippen LogP contribution in [0, 0.1) is 17.7 Å². The summed E-state index contributed by atoms with van der Waals surface area (Å²) in [6.45, 7) is 15.3. The van der Waals surface area contributed by atoms with Crippen molar-refractivity contribution in [1.82, 2.24) is 15.4 Å². The van der Waals surface area contributed by atoms with Gasteiger partial charge in [0.05, 0.1) is 29.3 Å². The van der Waals surface area contributed by atoms with E-state index < -0.39 is 49.2 Å². The minimum Gasteiger partial charge on any atom is -0.507 e. The van der Waals surface area contributed by atoms with Gasteiger partial charge in [0.15, 0.2) is 19.7 Å². The molecule has 4 aliphatic rings. The summed E-state index contributed by atoms with van der Waals surface area (Å²) < 4.78 is 42.6. The maximum Gasteiger partial charge on any atom is 0.265 e. The molecule has 1 aromatic carbocycles. The zero-order valence-corrected chi connectivity index (χ0v) is 34.7. The summed E-state index contributed by atoms with van der Waals surface area (Å²) in [5, 5.41) is 19.6. The van der Waals surface area contributed by atoms with Crippen LogP contribution >= 0.6 is 15.9 Å². The van der Waals surface area contributed by atoms with Gasteiger partial charge in [0.2, 0.25) is 11.6 Å². The summed E-state index contributed by atoms with van der Waals surface area (Å²) in [7, 11) is 0.868. The molecule has 0 aliphatic heterocycles. The molecule has 0 spiro atoms. The van der Waals surface area contributed by atoms with Crippen molar-refractivity contribution in [2.24, 2.45) is 11.8 Å². The standard InChI is InChI=1S/C39H55BrFN3O7Si/c1-10-12-16-48-33-27-23(30(41)24(29(33)40)20-42-22-14-15-22)18-21-19-25-31(44(6)7)34-28(37(43-50-34)49-17-13-11-2)36(47)39(25,35(46)26(21)32(27)45)51-52(8,9)38(3,4)5/h21-22,25,31,42,45H,10-20H2,1-9H3/t21-,25-,31-,39-/m0/s1. The third-order valence-electron chi connectivity index (χ3n) is 11.8. The van der Waals surface area contributed by atoms with Gasteiger partial charge in [-0.2, -0.15) is 0 Å². The van der Waals surface area contributed by atoms with E-state index in [0.29, 0.717) is 52.9 Å². The van der Waals surface area contributed by atoms with Gasteiger partial charge in [-0.15, -0.1) is 0 Å². The largest absolute Gasteiger partial charge is 0.507 e. The molecule has 2 saturated carbocycles. The summed E-state index contributed by atoms with van der Waals surface area (Å²) in [5.41, 5.74) is -0.904. The SMILES string of the molecule is CCCCOc1noc2c1C(=O)[C@@]1(O[Si](C)(C)C(C)(C)C)C(=O)C3=C(O)c4c(c(F)c(CNC5CC5)c(Br)c4OCCCC)C[C@H]3C[C@H]1[C@@H]2N(C)C. The van der Waals surface area contributed by atoms with E-state index in [9.17, 15) is 5.11 Å². The number of nitrogens with zero attached hydrogens (tertiary/aromatic N) is 2. The fraction of sp³-hybridized carbons (Fsp3) is 0.667. The number of Topliss-reactive ketones (excluding diaryl/α,β-unsaturated/α-hetero) is 2. The van der Waals surface area contributed by atoms with Crippen molar-refractivity contribution in [2.45, 2.75) is 128 Å². The Labute approximate surface area is 316 Å². The van der Waals surface area contributed by atoms with Gasteiger partial charge in [0.1, 0.15) is 22.9 Å². The Morgan fingerprint density at radius 2 is 1.73 bits per heavy atom. The van der Waals surface area contributed by atoms with E-state index >= 15 is 14.0 Å². The Morgan fingerprint density at radius 1 is 1.08 bits per heavy atom. The Balaban J connectivity index is 1.58. The van der Waals surface area contributed by atoms with Crippen LogP contribution in [0.1, 0.15) is 118 Å². The number of fused-ring (bicyclic) bond motifs is 4. The molecule has 2 N–H and O–H groups in total. The van der Waals surface area contributed by atoms with Crippen LogP contribution in [0.3, 0.4) is 0 Å². The molecule has 1 heterocycles. The summed E-state index contributed by atoms with van der Waals surface area (Å²) in [6, 6.07) is -0.245. The Morgan fingerprint density at radius 3 is 2.33 bits per heavy atom. The van der Waals surface area contributed by atoms with Gasteiger partial charge in [0, 0.05) is 35.2 Å². The number of carbonyl (C=O) groups excluding carboxylic acids is 2. The maximum absolute atomic E-state index is 16.8. The summed E-state index contributed by atoms with van der Waals surface area (Å²) in [5.74, 6) is -2.58. The molecule has 0 saturated heterocycles. The fourth-order valence-corrected chi connectivity index (χ4v) is 9.86. The molecule has 6 rings (SSSR count). The van der Waals surface area contributed by atoms with Crippen LogP contribution in [0.15, 0.2) is 14.6 Å². The molecule has 52 heavy (non-hydrogen) atoms. The average molecular weight is 805 g/mol. The second-order valence-corrected chi connectivity index (χ2v) is 22.3. The summed E-state index contributed by atoms with van der Waals surface area (Å²) in [4.78, 5) is 32.8. The zero-order valence-electron chi connectivity index (χ0n) is 32.1. The predicted octanol–water partition coefficient (Wildman–Crippen LogP) is 8.48. The van der Waals surface area contributed by atoms with Crippen molar-refractivity contribution >= 4 is 41.6 Å². The monoisotopic (exact) mass is 803 g/mol. The van der Waals surface area contributed by atoms with Crippen molar-refractivity contribution in [2.75, 3.05) is 27.3 Å². The van der Waals surface area contributed by atoms with Crippen LogP contribution in [0.5, 0.6) is 11.6 Å². The third-order valence-corrected chi connectivity index (χ3v) is 17.1. The number of halogens is 2. The van der Waals surface area contributed by atoms with E-state index in [0.717, 1.165) is 38.5 Å². The van der Waals surface area contributed by atoms with Crippen LogP contribution in [-0.2, 0) is 22.2 Å². The number of aliphatic hydroxyl groups is 1. The number of ether oxygens (including phenoxy) is 2. The summed E-state index contributed by atoms with van der Waals surface area (Å²) in [6.07, 6.45) is 5.76. The highest BCUT2D eigenvalue weighted by molar-refractivity contribution is 9.10. The van der Waals surface area contributed by atoms with E-state index in [4.69, 9.17) is 18.4 Å². The first kappa shape index (κ1) is 39.1. The molecule has 4 atom stereocenters. The highest BCUT2D eigenvalue weighted by Gasteiger charge is 2.69. The second-order valence-electron chi connectivity index (χ2n) is 16.7. The lowest BCUT2D eigenvalue weighted by atomic mass is 9.57. The number of unbranched alkanes of at least 4 members (excludes halogenated alkanes) is 2. The molecular weight excluding hydrogens is 749 g/mol. The Kier molecular flexibility index (Phi) is 11.0. The number of ketones is 2. The first-order chi connectivity index (χ1) is 24.5. The summed E-state index contributed by atoms with van der Waals surface area (Å²) >= 11 is 3.64. The maximum atomic E-state index is 16.8. The van der Waals surface area contributed by atoms with Gasteiger partial charge in [-0.1, -0.05) is 47.5 Å². The fourth-order valence-electron chi connectivity index (χ4n) is 7.79. The minimum atomic E-state index is -2.88. The molecule has 0 bridgehead atoms. The first-order valence-corrected chi connectivity index (χ1v) is 22.6. The molecule has 1 aromatic heterocycles. The predicted molar refractivity (Wildman–Crippen MR) is 203 cm³/mol. The molecule has 10 nitrogen and oxygen atoms in total. The van der Waals surface area contributed by atoms with E-state index in [1.807, 2.05) is 39.0 Å². The topological polar surface area (TPSA) is 123 Å². The van der Waals surface area contributed by atoms with E-state index in [1.54, 1.807) is 0 Å². The number of aromatic nitrogens is 1. The molecular formula is C39H55BrFN3O7Si. The second kappa shape index (κ2) is 14.6. The number of hydrogen-bond acceptors (Lipinski definition) is 10. The zero-order chi connectivity index (χ0) is 37.9.